The summed E-state index contributed by atoms with van der Waals surface area (Å²) in [6, 6.07) is 44.6. The van der Waals surface area contributed by atoms with Gasteiger partial charge in [0.25, 0.3) is 0 Å². The second-order valence-corrected chi connectivity index (χ2v) is 12.6. The third kappa shape index (κ3) is 5.62. The van der Waals surface area contributed by atoms with Gasteiger partial charge in [0.05, 0.1) is 11.4 Å². The van der Waals surface area contributed by atoms with Crippen LogP contribution in [0.2, 0.25) is 0 Å². The summed E-state index contributed by atoms with van der Waals surface area (Å²) in [5.41, 5.74) is 10.6. The molecule has 0 fully saturated rings. The van der Waals surface area contributed by atoms with E-state index in [0.29, 0.717) is 5.89 Å². The third-order valence-corrected chi connectivity index (χ3v) is 9.52. The molecule has 2 aliphatic carbocycles. The van der Waals surface area contributed by atoms with Crippen molar-refractivity contribution in [3.63, 3.8) is 0 Å². The van der Waals surface area contributed by atoms with Gasteiger partial charge < -0.3 is 4.42 Å². The molecule has 0 bridgehead atoms. The zero-order valence-corrected chi connectivity index (χ0v) is 27.0. The van der Waals surface area contributed by atoms with E-state index in [4.69, 9.17) is 19.4 Å². The summed E-state index contributed by atoms with van der Waals surface area (Å²) in [7, 11) is 0. The Hall–Kier alpha value is -6.13. The van der Waals surface area contributed by atoms with Crippen molar-refractivity contribution < 1.29 is 4.42 Å². The van der Waals surface area contributed by atoms with Crippen LogP contribution in [0.5, 0.6) is 0 Å². The largest absolute Gasteiger partial charge is 0.436 e. The van der Waals surface area contributed by atoms with Gasteiger partial charge in [0.2, 0.25) is 5.89 Å². The number of allylic oxidation sites excluding steroid dienone is 4. The van der Waals surface area contributed by atoms with Crippen LogP contribution in [0.3, 0.4) is 0 Å². The zero-order valence-electron chi connectivity index (χ0n) is 27.0. The molecule has 0 amide bonds. The first-order valence-electron chi connectivity index (χ1n) is 17.0. The zero-order chi connectivity index (χ0) is 32.6. The maximum absolute atomic E-state index is 6.16. The average Bonchev–Trinajstić information content (AvgIpc) is 3.62. The Kier molecular flexibility index (Phi) is 7.39. The lowest BCUT2D eigenvalue weighted by molar-refractivity contribution is 0.536. The number of aromatic nitrogens is 3. The molecule has 7 aromatic rings. The Morgan fingerprint density at radius 2 is 1.27 bits per heavy atom. The fourth-order valence-corrected chi connectivity index (χ4v) is 7.00. The van der Waals surface area contributed by atoms with Crippen molar-refractivity contribution in [2.75, 3.05) is 0 Å². The molecular formula is C45H33N3O. The molecule has 2 aromatic heterocycles. The molecule has 0 saturated heterocycles. The average molecular weight is 632 g/mol. The van der Waals surface area contributed by atoms with Crippen LogP contribution >= 0.6 is 0 Å². The molecule has 2 aliphatic rings. The van der Waals surface area contributed by atoms with E-state index in [9.17, 15) is 0 Å². The second kappa shape index (κ2) is 12.5. The summed E-state index contributed by atoms with van der Waals surface area (Å²) in [5.74, 6) is 1.59. The van der Waals surface area contributed by atoms with Gasteiger partial charge in [0, 0.05) is 28.2 Å². The first-order chi connectivity index (χ1) is 24.3. The molecule has 4 nitrogen and oxygen atoms in total. The first kappa shape index (κ1) is 29.0. The maximum atomic E-state index is 6.16. The van der Waals surface area contributed by atoms with Gasteiger partial charge in [0.1, 0.15) is 5.35 Å². The van der Waals surface area contributed by atoms with Crippen LogP contribution in [0.4, 0.5) is 0 Å². The maximum Gasteiger partial charge on any atom is 0.227 e. The van der Waals surface area contributed by atoms with Crippen molar-refractivity contribution in [1.29, 1.82) is 0 Å². The normalized spacial score (nSPS) is 15.3. The molecule has 4 heteroatoms. The van der Waals surface area contributed by atoms with Gasteiger partial charge in [-0.3, -0.25) is 0 Å². The van der Waals surface area contributed by atoms with Crippen LogP contribution in [0, 0.1) is 0 Å². The lowest BCUT2D eigenvalue weighted by Crippen LogP contribution is -2.26. The fraction of sp³-hybridized carbons (Fsp3) is 0.0889. The van der Waals surface area contributed by atoms with Gasteiger partial charge in [-0.1, -0.05) is 127 Å². The number of hydrogen-bond donors (Lipinski definition) is 0. The van der Waals surface area contributed by atoms with Crippen molar-refractivity contribution in [3.05, 3.63) is 168 Å². The molecule has 234 valence electrons. The molecule has 1 unspecified atom stereocenters. The van der Waals surface area contributed by atoms with Crippen molar-refractivity contribution >= 4 is 28.5 Å². The van der Waals surface area contributed by atoms with Crippen LogP contribution in [0.15, 0.2) is 150 Å². The van der Waals surface area contributed by atoms with E-state index in [1.165, 1.54) is 27.5 Å². The third-order valence-electron chi connectivity index (χ3n) is 9.52. The number of fused-ring (bicyclic) bond motifs is 2. The smallest absolute Gasteiger partial charge is 0.227 e. The van der Waals surface area contributed by atoms with Crippen LogP contribution in [0.1, 0.15) is 36.6 Å². The summed E-state index contributed by atoms with van der Waals surface area (Å²) in [4.78, 5) is 15.2. The Morgan fingerprint density at radius 3 is 2.04 bits per heavy atom. The van der Waals surface area contributed by atoms with Crippen LogP contribution in [0.25, 0.3) is 73.6 Å². The molecule has 5 aromatic carbocycles. The van der Waals surface area contributed by atoms with Crippen molar-refractivity contribution in [2.45, 2.75) is 25.2 Å². The second-order valence-electron chi connectivity index (χ2n) is 12.6. The Morgan fingerprint density at radius 1 is 0.571 bits per heavy atom. The Balaban J connectivity index is 1.13. The van der Waals surface area contributed by atoms with Crippen molar-refractivity contribution in [3.8, 4) is 45.1 Å². The van der Waals surface area contributed by atoms with E-state index in [1.807, 2.05) is 36.4 Å². The van der Waals surface area contributed by atoms with E-state index < -0.39 is 0 Å². The predicted molar refractivity (Wildman–Crippen MR) is 200 cm³/mol. The van der Waals surface area contributed by atoms with Crippen LogP contribution < -0.4 is 10.8 Å². The quantitative estimate of drug-likeness (QED) is 0.183. The van der Waals surface area contributed by atoms with Gasteiger partial charge in [-0.15, -0.1) is 0 Å². The molecule has 0 spiro atoms. The van der Waals surface area contributed by atoms with Gasteiger partial charge in [-0.25, -0.2) is 15.0 Å². The minimum absolute atomic E-state index is 0.178. The van der Waals surface area contributed by atoms with Gasteiger partial charge in [-0.05, 0) is 77.1 Å². The van der Waals surface area contributed by atoms with Gasteiger partial charge in [-0.2, -0.15) is 0 Å². The lowest BCUT2D eigenvalue weighted by Gasteiger charge is -2.18. The molecule has 49 heavy (non-hydrogen) atoms. The topological polar surface area (TPSA) is 51.8 Å². The molecule has 0 radical (unpaired) electrons. The summed E-state index contributed by atoms with van der Waals surface area (Å²) in [6.07, 6.45) is 13.9. The number of oxazole rings is 1. The number of benzene rings is 5. The van der Waals surface area contributed by atoms with E-state index >= 15 is 0 Å². The SMILES string of the molecule is C1=CC(c2nc(-c3ccc(-c4ccccc4)cc3)cc(-c3ccc(C4C=c5nc(-c6ccccc6)oc5=CC4)c4ccccc34)n2)=CCC1. The molecule has 9 rings (SSSR count). The Labute approximate surface area is 285 Å². The fourth-order valence-electron chi connectivity index (χ4n) is 7.00. The highest BCUT2D eigenvalue weighted by molar-refractivity contribution is 5.99. The highest BCUT2D eigenvalue weighted by atomic mass is 16.3. The summed E-state index contributed by atoms with van der Waals surface area (Å²) in [6.45, 7) is 0. The van der Waals surface area contributed by atoms with Crippen molar-refractivity contribution in [2.24, 2.45) is 0 Å². The predicted octanol–water partition coefficient (Wildman–Crippen LogP) is 9.77. The lowest BCUT2D eigenvalue weighted by atomic mass is 9.87. The molecule has 1 atom stereocenters. The van der Waals surface area contributed by atoms with Gasteiger partial charge in [0.15, 0.2) is 11.2 Å². The number of rotatable bonds is 6. The molecular weight excluding hydrogens is 599 g/mol. The Bertz CT molecular complexity index is 2510. The minimum Gasteiger partial charge on any atom is -0.436 e. The number of hydrogen-bond acceptors (Lipinski definition) is 4. The highest BCUT2D eigenvalue weighted by Crippen LogP contribution is 2.37. The standard InChI is InChI=1S/C45H33N3O/c1-4-12-30(13-5-1)31-20-22-32(23-21-31)40-29-41(47-44(46-40)33-14-6-2-7-15-33)39-26-25-36(37-18-10-11-19-38(37)39)35-24-27-43-42(28-35)48-45(49-43)34-16-8-3-9-17-34/h1,3-6,8-23,25-29,35H,2,7,24H2. The van der Waals surface area contributed by atoms with Crippen molar-refractivity contribution in [1.82, 2.24) is 15.0 Å². The van der Waals surface area contributed by atoms with Crippen LogP contribution in [-0.4, -0.2) is 15.0 Å². The van der Waals surface area contributed by atoms with E-state index in [-0.39, 0.29) is 5.92 Å². The minimum atomic E-state index is 0.178. The van der Waals surface area contributed by atoms with E-state index in [0.717, 1.165) is 69.5 Å². The van der Waals surface area contributed by atoms with E-state index in [2.05, 4.69) is 121 Å². The van der Waals surface area contributed by atoms with Crippen LogP contribution in [-0.2, 0) is 0 Å². The summed E-state index contributed by atoms with van der Waals surface area (Å²) >= 11 is 0. The monoisotopic (exact) mass is 631 g/mol. The number of nitrogens with zero attached hydrogens (tertiary/aromatic N) is 3. The van der Waals surface area contributed by atoms with E-state index in [1.54, 1.807) is 0 Å². The summed E-state index contributed by atoms with van der Waals surface area (Å²) < 4.78 is 6.16. The molecule has 0 aliphatic heterocycles. The molecule has 2 heterocycles. The molecule has 0 N–H and O–H groups in total. The molecule has 0 saturated carbocycles. The highest BCUT2D eigenvalue weighted by Gasteiger charge is 2.20. The van der Waals surface area contributed by atoms with Gasteiger partial charge >= 0.3 is 0 Å². The summed E-state index contributed by atoms with van der Waals surface area (Å²) in [5, 5.41) is 3.29. The first-order valence-corrected chi connectivity index (χ1v) is 17.0.